The summed E-state index contributed by atoms with van der Waals surface area (Å²) < 4.78 is 0. The third kappa shape index (κ3) is 4.56. The Balaban J connectivity index is 1.75. The lowest BCUT2D eigenvalue weighted by Crippen LogP contribution is -2.39. The number of likely N-dealkylation sites (tertiary alicyclic amines) is 1. The van der Waals surface area contributed by atoms with Crippen LogP contribution in [0.1, 0.15) is 42.9 Å². The van der Waals surface area contributed by atoms with Crippen LogP contribution in [-0.2, 0) is 9.59 Å². The number of nitrogens with two attached hydrogens (primary N) is 1. The van der Waals surface area contributed by atoms with Gasteiger partial charge in [-0.1, -0.05) is 29.8 Å². The van der Waals surface area contributed by atoms with Crippen molar-refractivity contribution in [1.29, 1.82) is 0 Å². The molecule has 0 aromatic heterocycles. The topological polar surface area (TPSA) is 75.4 Å². The zero-order chi connectivity index (χ0) is 15.9. The number of hydrogen-bond acceptors (Lipinski definition) is 3. The summed E-state index contributed by atoms with van der Waals surface area (Å²) in [6, 6.07) is 6.90. The van der Waals surface area contributed by atoms with Crippen LogP contribution in [0.3, 0.4) is 0 Å². The van der Waals surface area contributed by atoms with Crippen molar-refractivity contribution in [2.24, 2.45) is 5.73 Å². The van der Waals surface area contributed by atoms with Crippen LogP contribution in [0.4, 0.5) is 0 Å². The van der Waals surface area contributed by atoms with E-state index in [9.17, 15) is 9.59 Å². The van der Waals surface area contributed by atoms with Gasteiger partial charge in [0.05, 0.1) is 0 Å². The van der Waals surface area contributed by atoms with Crippen molar-refractivity contribution >= 4 is 11.8 Å². The highest BCUT2D eigenvalue weighted by molar-refractivity contribution is 5.83. The molecule has 1 saturated heterocycles. The van der Waals surface area contributed by atoms with Crippen molar-refractivity contribution < 1.29 is 9.59 Å². The van der Waals surface area contributed by atoms with Crippen LogP contribution >= 0.6 is 0 Å². The van der Waals surface area contributed by atoms with Gasteiger partial charge in [0.25, 0.3) is 0 Å². The Hall–Kier alpha value is -1.88. The van der Waals surface area contributed by atoms with E-state index in [4.69, 9.17) is 5.73 Å². The van der Waals surface area contributed by atoms with Crippen molar-refractivity contribution in [1.82, 2.24) is 10.2 Å². The van der Waals surface area contributed by atoms with Gasteiger partial charge in [0.15, 0.2) is 0 Å². The first-order valence-corrected chi connectivity index (χ1v) is 7.95. The lowest BCUT2D eigenvalue weighted by Gasteiger charge is -2.26. The number of nitrogens with one attached hydrogen (secondary N) is 1. The maximum Gasteiger partial charge on any atom is 0.241 e. The molecule has 1 aliphatic heterocycles. The first-order chi connectivity index (χ1) is 10.6. The van der Waals surface area contributed by atoms with Crippen molar-refractivity contribution in [2.75, 3.05) is 19.6 Å². The average molecular weight is 303 g/mol. The summed E-state index contributed by atoms with van der Waals surface area (Å²) in [5.74, 6) is -0.126. The van der Waals surface area contributed by atoms with E-state index in [1.54, 1.807) is 0 Å². The molecule has 2 rings (SSSR count). The van der Waals surface area contributed by atoms with Crippen LogP contribution in [-0.4, -0.2) is 36.3 Å². The minimum Gasteiger partial charge on any atom is -0.354 e. The van der Waals surface area contributed by atoms with Gasteiger partial charge >= 0.3 is 0 Å². The minimum absolute atomic E-state index is 0.115. The van der Waals surface area contributed by atoms with Crippen LogP contribution in [0.5, 0.6) is 0 Å². The van der Waals surface area contributed by atoms with E-state index in [0.29, 0.717) is 13.0 Å². The number of hydrogen-bond donors (Lipinski definition) is 2. The van der Waals surface area contributed by atoms with Crippen LogP contribution in [0.25, 0.3) is 0 Å². The maximum atomic E-state index is 12.0. The zero-order valence-corrected chi connectivity index (χ0v) is 13.2. The molecule has 1 aromatic rings. The second-order valence-electron chi connectivity index (χ2n) is 5.87. The number of benzene rings is 1. The van der Waals surface area contributed by atoms with Crippen LogP contribution < -0.4 is 11.1 Å². The number of piperidine rings is 1. The van der Waals surface area contributed by atoms with Gasteiger partial charge in [0, 0.05) is 26.1 Å². The number of carbonyl (C=O) groups excluding carboxylic acids is 2. The molecule has 0 aliphatic carbocycles. The van der Waals surface area contributed by atoms with E-state index in [2.05, 4.69) is 5.32 Å². The molecule has 1 aliphatic rings. The molecule has 1 fully saturated rings. The summed E-state index contributed by atoms with van der Waals surface area (Å²) in [6.45, 7) is 4.01. The molecule has 3 N–H and O–H groups in total. The van der Waals surface area contributed by atoms with Crippen LogP contribution in [0.2, 0.25) is 0 Å². The van der Waals surface area contributed by atoms with E-state index in [-0.39, 0.29) is 11.8 Å². The van der Waals surface area contributed by atoms with Gasteiger partial charge in [-0.15, -0.1) is 0 Å². The third-order valence-electron chi connectivity index (χ3n) is 4.07. The molecule has 1 heterocycles. The van der Waals surface area contributed by atoms with E-state index in [0.717, 1.165) is 37.1 Å². The zero-order valence-electron chi connectivity index (χ0n) is 13.2. The molecule has 1 unspecified atom stereocenters. The number of carbonyl (C=O) groups is 2. The lowest BCUT2D eigenvalue weighted by atomic mass is 10.1. The Morgan fingerprint density at radius 2 is 1.82 bits per heavy atom. The fourth-order valence-corrected chi connectivity index (χ4v) is 2.63. The summed E-state index contributed by atoms with van der Waals surface area (Å²) >= 11 is 0. The molecule has 22 heavy (non-hydrogen) atoms. The summed E-state index contributed by atoms with van der Waals surface area (Å²) in [6.07, 6.45) is 3.70. The smallest absolute Gasteiger partial charge is 0.241 e. The van der Waals surface area contributed by atoms with Crippen molar-refractivity contribution in [2.45, 2.75) is 38.6 Å². The Labute approximate surface area is 131 Å². The van der Waals surface area contributed by atoms with Gasteiger partial charge in [-0.2, -0.15) is 0 Å². The molecule has 1 aromatic carbocycles. The quantitative estimate of drug-likeness (QED) is 0.866. The van der Waals surface area contributed by atoms with Crippen molar-refractivity contribution in [3.05, 3.63) is 35.4 Å². The molecular weight excluding hydrogens is 278 g/mol. The highest BCUT2D eigenvalue weighted by atomic mass is 16.2. The van der Waals surface area contributed by atoms with Crippen molar-refractivity contribution in [3.8, 4) is 0 Å². The van der Waals surface area contributed by atoms with E-state index >= 15 is 0 Å². The molecule has 0 saturated carbocycles. The molecule has 0 radical (unpaired) electrons. The van der Waals surface area contributed by atoms with Crippen LogP contribution in [0.15, 0.2) is 24.3 Å². The number of nitrogens with zero attached hydrogens (tertiary/aromatic N) is 1. The third-order valence-corrected chi connectivity index (χ3v) is 4.07. The molecule has 1 atom stereocenters. The highest BCUT2D eigenvalue weighted by Gasteiger charge is 2.18. The number of rotatable bonds is 5. The largest absolute Gasteiger partial charge is 0.354 e. The number of amides is 2. The predicted molar refractivity (Wildman–Crippen MR) is 86.2 cm³/mol. The Bertz CT molecular complexity index is 507. The fraction of sp³-hybridized carbons (Fsp3) is 0.529. The lowest BCUT2D eigenvalue weighted by molar-refractivity contribution is -0.132. The van der Waals surface area contributed by atoms with Gasteiger partial charge < -0.3 is 16.0 Å². The summed E-state index contributed by atoms with van der Waals surface area (Å²) in [5, 5.41) is 2.75. The van der Waals surface area contributed by atoms with Gasteiger partial charge in [-0.3, -0.25) is 9.59 Å². The van der Waals surface area contributed by atoms with Gasteiger partial charge in [0.1, 0.15) is 6.04 Å². The second kappa shape index (κ2) is 7.94. The molecule has 0 spiro atoms. The molecular formula is C17H25N3O2. The average Bonchev–Trinajstić information content (AvgIpc) is 2.55. The maximum absolute atomic E-state index is 12.0. The molecule has 5 heteroatoms. The van der Waals surface area contributed by atoms with E-state index in [1.807, 2.05) is 36.1 Å². The highest BCUT2D eigenvalue weighted by Crippen LogP contribution is 2.12. The van der Waals surface area contributed by atoms with Gasteiger partial charge in [0.2, 0.25) is 11.8 Å². The first-order valence-electron chi connectivity index (χ1n) is 7.95. The summed E-state index contributed by atoms with van der Waals surface area (Å²) in [4.78, 5) is 25.9. The first kappa shape index (κ1) is 16.5. The SMILES string of the molecule is Cc1ccc(C(N)C(=O)NCCC(=O)N2CCCCC2)cc1. The summed E-state index contributed by atoms with van der Waals surface area (Å²) in [5.41, 5.74) is 7.85. The predicted octanol–water partition coefficient (Wildman–Crippen LogP) is 1.51. The standard InChI is InChI=1S/C17H25N3O2/c1-13-5-7-14(8-6-13)16(18)17(22)19-10-9-15(21)20-11-3-2-4-12-20/h5-8,16H,2-4,9-12,18H2,1H3,(H,19,22). The van der Waals surface area contributed by atoms with Crippen LogP contribution in [0, 0.1) is 6.92 Å². The second-order valence-corrected chi connectivity index (χ2v) is 5.87. The minimum atomic E-state index is -0.689. The number of aryl methyl sites for hydroxylation is 1. The Kier molecular flexibility index (Phi) is 5.95. The van der Waals surface area contributed by atoms with Gasteiger partial charge in [-0.05, 0) is 31.7 Å². The Morgan fingerprint density at radius 1 is 1.18 bits per heavy atom. The normalized spacial score (nSPS) is 16.2. The van der Waals surface area contributed by atoms with Gasteiger partial charge in [-0.25, -0.2) is 0 Å². The summed E-state index contributed by atoms with van der Waals surface area (Å²) in [7, 11) is 0. The van der Waals surface area contributed by atoms with E-state index in [1.165, 1.54) is 6.42 Å². The van der Waals surface area contributed by atoms with Crippen molar-refractivity contribution in [3.63, 3.8) is 0 Å². The molecule has 5 nitrogen and oxygen atoms in total. The van der Waals surface area contributed by atoms with E-state index < -0.39 is 6.04 Å². The monoisotopic (exact) mass is 303 g/mol. The fourth-order valence-electron chi connectivity index (χ4n) is 2.63. The Morgan fingerprint density at radius 3 is 2.45 bits per heavy atom. The molecule has 120 valence electrons. The molecule has 2 amide bonds. The molecule has 0 bridgehead atoms.